The molecular weight excluding hydrogens is 444 g/mol. The van der Waals surface area contributed by atoms with Crippen molar-refractivity contribution in [2.45, 2.75) is 51.7 Å². The minimum absolute atomic E-state index is 0.0159. The molecule has 0 aliphatic carbocycles. The zero-order valence-corrected chi connectivity index (χ0v) is 19.4. The summed E-state index contributed by atoms with van der Waals surface area (Å²) in [5.74, 6) is -2.85. The topological polar surface area (TPSA) is 73.7 Å². The number of carbonyl (C=O) groups is 2. The van der Waals surface area contributed by atoms with Gasteiger partial charge in [0.1, 0.15) is 29.3 Å². The second-order valence-corrected chi connectivity index (χ2v) is 9.35. The van der Waals surface area contributed by atoms with E-state index in [0.29, 0.717) is 17.7 Å². The molecule has 0 spiro atoms. The lowest BCUT2D eigenvalue weighted by molar-refractivity contribution is -0.0496. The fourth-order valence-corrected chi connectivity index (χ4v) is 3.74. The standard InChI is InChI=1S/C25H27F2N3O4/c1-24(2,3)34-23(32)30-20(22(31)29-11-9-25(26,27)10-12-29)14-18-13-19(15-28-21(18)30)33-16-17-7-5-4-6-8-17/h4-8,13-15H,9-12,16H2,1-3H3. The Bertz CT molecular complexity index is 1190. The maximum absolute atomic E-state index is 13.6. The number of ether oxygens (including phenoxy) is 2. The molecule has 3 heterocycles. The zero-order chi connectivity index (χ0) is 24.5. The average molecular weight is 472 g/mol. The highest BCUT2D eigenvalue weighted by Crippen LogP contribution is 2.30. The minimum atomic E-state index is -2.79. The molecule has 1 aliphatic rings. The van der Waals surface area contributed by atoms with E-state index in [9.17, 15) is 18.4 Å². The molecule has 0 N–H and O–H groups in total. The van der Waals surface area contributed by atoms with Crippen molar-refractivity contribution in [2.24, 2.45) is 0 Å². The molecule has 0 unspecified atom stereocenters. The van der Waals surface area contributed by atoms with E-state index in [2.05, 4.69) is 4.98 Å². The molecule has 4 rings (SSSR count). The Morgan fingerprint density at radius 1 is 1.09 bits per heavy atom. The van der Waals surface area contributed by atoms with Gasteiger partial charge in [-0.2, -0.15) is 0 Å². The van der Waals surface area contributed by atoms with Crippen LogP contribution in [-0.4, -0.2) is 51.1 Å². The molecule has 0 bridgehead atoms. The monoisotopic (exact) mass is 471 g/mol. The molecule has 2 aromatic heterocycles. The summed E-state index contributed by atoms with van der Waals surface area (Å²) in [7, 11) is 0. The third kappa shape index (κ3) is 5.35. The first-order valence-corrected chi connectivity index (χ1v) is 11.1. The number of alkyl halides is 2. The first-order chi connectivity index (χ1) is 16.0. The number of rotatable bonds is 4. The Balaban J connectivity index is 1.66. The molecule has 1 aliphatic heterocycles. The van der Waals surface area contributed by atoms with E-state index in [1.54, 1.807) is 26.8 Å². The number of halogens is 2. The third-order valence-electron chi connectivity index (χ3n) is 5.44. The van der Waals surface area contributed by atoms with Crippen molar-refractivity contribution < 1.29 is 27.8 Å². The Labute approximate surface area is 196 Å². The lowest BCUT2D eigenvalue weighted by Crippen LogP contribution is -2.43. The van der Waals surface area contributed by atoms with Gasteiger partial charge in [0.2, 0.25) is 0 Å². The van der Waals surface area contributed by atoms with E-state index in [1.165, 1.54) is 17.2 Å². The fourth-order valence-electron chi connectivity index (χ4n) is 3.74. The number of benzene rings is 1. The summed E-state index contributed by atoms with van der Waals surface area (Å²) in [5.41, 5.74) is 0.417. The molecule has 3 aromatic rings. The van der Waals surface area contributed by atoms with Gasteiger partial charge in [-0.15, -0.1) is 0 Å². The second kappa shape index (κ2) is 9.04. The van der Waals surface area contributed by atoms with Crippen molar-refractivity contribution in [1.29, 1.82) is 0 Å². The highest BCUT2D eigenvalue weighted by atomic mass is 19.3. The van der Waals surface area contributed by atoms with Crippen LogP contribution < -0.4 is 4.74 Å². The molecule has 1 amide bonds. The van der Waals surface area contributed by atoms with Gasteiger partial charge in [-0.25, -0.2) is 23.1 Å². The molecule has 1 saturated heterocycles. The van der Waals surface area contributed by atoms with E-state index < -0.39 is 36.4 Å². The number of carbonyl (C=O) groups excluding carboxylic acids is 2. The van der Waals surface area contributed by atoms with Gasteiger partial charge in [-0.1, -0.05) is 30.3 Å². The van der Waals surface area contributed by atoms with Crippen LogP contribution in [0.1, 0.15) is 49.7 Å². The van der Waals surface area contributed by atoms with E-state index in [-0.39, 0.29) is 24.4 Å². The summed E-state index contributed by atoms with van der Waals surface area (Å²) < 4.78 is 39.6. The maximum atomic E-state index is 13.6. The molecule has 34 heavy (non-hydrogen) atoms. The molecule has 7 nitrogen and oxygen atoms in total. The van der Waals surface area contributed by atoms with Crippen molar-refractivity contribution >= 4 is 23.0 Å². The predicted octanol–water partition coefficient (Wildman–Crippen LogP) is 5.27. The number of aromatic nitrogens is 2. The largest absolute Gasteiger partial charge is 0.487 e. The summed E-state index contributed by atoms with van der Waals surface area (Å²) in [6.07, 6.45) is -0.122. The van der Waals surface area contributed by atoms with Crippen LogP contribution in [0.2, 0.25) is 0 Å². The molecule has 0 atom stereocenters. The van der Waals surface area contributed by atoms with Crippen molar-refractivity contribution in [3.63, 3.8) is 0 Å². The van der Waals surface area contributed by atoms with Gasteiger partial charge >= 0.3 is 6.09 Å². The Hall–Kier alpha value is -3.49. The second-order valence-electron chi connectivity index (χ2n) is 9.35. The summed E-state index contributed by atoms with van der Waals surface area (Å²) in [6, 6.07) is 12.8. The van der Waals surface area contributed by atoms with E-state index in [4.69, 9.17) is 9.47 Å². The van der Waals surface area contributed by atoms with E-state index in [0.717, 1.165) is 10.1 Å². The number of hydrogen-bond acceptors (Lipinski definition) is 5. The predicted molar refractivity (Wildman–Crippen MR) is 122 cm³/mol. The zero-order valence-electron chi connectivity index (χ0n) is 19.4. The summed E-state index contributed by atoms with van der Waals surface area (Å²) in [6.45, 7) is 5.28. The Kier molecular flexibility index (Phi) is 6.29. The maximum Gasteiger partial charge on any atom is 0.420 e. The number of piperidine rings is 1. The van der Waals surface area contributed by atoms with E-state index in [1.807, 2.05) is 30.3 Å². The summed E-state index contributed by atoms with van der Waals surface area (Å²) in [5, 5.41) is 0.502. The van der Waals surface area contributed by atoms with Crippen LogP contribution in [0.25, 0.3) is 11.0 Å². The molecule has 180 valence electrons. The summed E-state index contributed by atoms with van der Waals surface area (Å²) >= 11 is 0. The number of nitrogens with zero attached hydrogens (tertiary/aromatic N) is 3. The van der Waals surface area contributed by atoms with Gasteiger partial charge in [0, 0.05) is 31.3 Å². The fraction of sp³-hybridized carbons (Fsp3) is 0.400. The first-order valence-electron chi connectivity index (χ1n) is 11.1. The van der Waals surface area contributed by atoms with Crippen molar-refractivity contribution in [3.05, 3.63) is 59.9 Å². The van der Waals surface area contributed by atoms with Crippen LogP contribution in [-0.2, 0) is 11.3 Å². The smallest absolute Gasteiger partial charge is 0.420 e. The summed E-state index contributed by atoms with van der Waals surface area (Å²) in [4.78, 5) is 32.0. The van der Waals surface area contributed by atoms with Crippen LogP contribution >= 0.6 is 0 Å². The molecular formula is C25H27F2N3O4. The minimum Gasteiger partial charge on any atom is -0.487 e. The SMILES string of the molecule is CC(C)(C)OC(=O)n1c(C(=O)N2CCC(F)(F)CC2)cc2cc(OCc3ccccc3)cnc21. The number of likely N-dealkylation sites (tertiary alicyclic amines) is 1. The number of fused-ring (bicyclic) bond motifs is 1. The van der Waals surface area contributed by atoms with Gasteiger partial charge in [0.25, 0.3) is 11.8 Å². The van der Waals surface area contributed by atoms with Crippen molar-refractivity contribution in [3.8, 4) is 5.75 Å². The molecule has 1 fully saturated rings. The number of amides is 1. The molecule has 1 aromatic carbocycles. The van der Waals surface area contributed by atoms with Crippen LogP contribution in [0.3, 0.4) is 0 Å². The van der Waals surface area contributed by atoms with Gasteiger partial charge in [0.15, 0.2) is 0 Å². The van der Waals surface area contributed by atoms with Gasteiger partial charge in [-0.05, 0) is 38.5 Å². The molecule has 9 heteroatoms. The third-order valence-corrected chi connectivity index (χ3v) is 5.44. The molecule has 0 saturated carbocycles. The lowest BCUT2D eigenvalue weighted by Gasteiger charge is -2.31. The number of hydrogen-bond donors (Lipinski definition) is 0. The highest BCUT2D eigenvalue weighted by molar-refractivity contribution is 6.03. The van der Waals surface area contributed by atoms with Crippen LogP contribution in [0, 0.1) is 0 Å². The Morgan fingerprint density at radius 3 is 2.41 bits per heavy atom. The van der Waals surface area contributed by atoms with Crippen LogP contribution in [0.15, 0.2) is 48.7 Å². The Morgan fingerprint density at radius 2 is 1.76 bits per heavy atom. The molecule has 0 radical (unpaired) electrons. The van der Waals surface area contributed by atoms with Gasteiger partial charge in [0.05, 0.1) is 6.20 Å². The lowest BCUT2D eigenvalue weighted by atomic mass is 10.1. The van der Waals surface area contributed by atoms with E-state index >= 15 is 0 Å². The quantitative estimate of drug-likeness (QED) is 0.518. The van der Waals surface area contributed by atoms with Gasteiger partial charge in [-0.3, -0.25) is 4.79 Å². The highest BCUT2D eigenvalue weighted by Gasteiger charge is 2.37. The van der Waals surface area contributed by atoms with Crippen molar-refractivity contribution in [2.75, 3.05) is 13.1 Å². The van der Waals surface area contributed by atoms with Crippen LogP contribution in [0.5, 0.6) is 5.75 Å². The van der Waals surface area contributed by atoms with Gasteiger partial charge < -0.3 is 14.4 Å². The number of pyridine rings is 1. The average Bonchev–Trinajstić information content (AvgIpc) is 3.16. The van der Waals surface area contributed by atoms with Crippen LogP contribution in [0.4, 0.5) is 13.6 Å². The van der Waals surface area contributed by atoms with Crippen molar-refractivity contribution in [1.82, 2.24) is 14.5 Å². The first kappa shape index (κ1) is 23.7. The normalized spacial score (nSPS) is 15.9.